The second-order valence-corrected chi connectivity index (χ2v) is 8.57. The lowest BCUT2D eigenvalue weighted by atomic mass is 10.1. The lowest BCUT2D eigenvalue weighted by Gasteiger charge is -2.34. The summed E-state index contributed by atoms with van der Waals surface area (Å²) in [5.41, 5.74) is 3.78. The van der Waals surface area contributed by atoms with Gasteiger partial charge in [0, 0.05) is 37.5 Å². The molecule has 0 atom stereocenters. The van der Waals surface area contributed by atoms with Crippen LogP contribution in [0.2, 0.25) is 0 Å². The molecule has 1 fully saturated rings. The molecule has 3 heterocycles. The summed E-state index contributed by atoms with van der Waals surface area (Å²) < 4.78 is 5.19. The number of hydrogen-bond donors (Lipinski definition) is 1. The monoisotopic (exact) mass is 446 g/mol. The fraction of sp³-hybridized carbons (Fsp3) is 0.208. The van der Waals surface area contributed by atoms with Crippen molar-refractivity contribution in [1.82, 2.24) is 19.8 Å². The Morgan fingerprint density at radius 1 is 0.906 bits per heavy atom. The summed E-state index contributed by atoms with van der Waals surface area (Å²) in [5.74, 6) is 0.961. The first-order chi connectivity index (χ1) is 15.7. The fourth-order valence-electron chi connectivity index (χ4n) is 3.74. The van der Waals surface area contributed by atoms with Crippen molar-refractivity contribution in [3.63, 3.8) is 0 Å². The van der Waals surface area contributed by atoms with Crippen LogP contribution < -0.4 is 0 Å². The number of thioether (sulfide) groups is 1. The molecular weight excluding hydrogens is 424 g/mol. The Morgan fingerprint density at radius 3 is 2.31 bits per heavy atom. The molecule has 1 aliphatic heterocycles. The average Bonchev–Trinajstić information content (AvgIpc) is 3.52. The van der Waals surface area contributed by atoms with E-state index in [1.165, 1.54) is 6.26 Å². The van der Waals surface area contributed by atoms with E-state index in [4.69, 9.17) is 4.42 Å². The van der Waals surface area contributed by atoms with Gasteiger partial charge in [0.1, 0.15) is 0 Å². The molecule has 5 rings (SSSR count). The highest BCUT2D eigenvalue weighted by atomic mass is 32.2. The molecule has 0 aliphatic carbocycles. The van der Waals surface area contributed by atoms with Crippen molar-refractivity contribution in [1.29, 1.82) is 0 Å². The summed E-state index contributed by atoms with van der Waals surface area (Å²) in [6.07, 6.45) is 1.49. The first-order valence-electron chi connectivity index (χ1n) is 10.5. The lowest BCUT2D eigenvalue weighted by molar-refractivity contribution is 0.0518. The first-order valence-corrected chi connectivity index (χ1v) is 11.4. The van der Waals surface area contributed by atoms with E-state index in [9.17, 15) is 9.59 Å². The summed E-state index contributed by atoms with van der Waals surface area (Å²) >= 11 is 1.64. The molecule has 1 aliphatic rings. The zero-order valence-corrected chi connectivity index (χ0v) is 18.2. The normalized spacial score (nSPS) is 14.1. The highest BCUT2D eigenvalue weighted by molar-refractivity contribution is 7.98. The molecule has 32 heavy (non-hydrogen) atoms. The first kappa shape index (κ1) is 20.4. The number of rotatable bonds is 5. The number of carbonyl (C=O) groups is 2. The van der Waals surface area contributed by atoms with Crippen LogP contribution in [0, 0.1) is 0 Å². The Labute approximate surface area is 189 Å². The van der Waals surface area contributed by atoms with Gasteiger partial charge in [-0.1, -0.05) is 36.0 Å². The van der Waals surface area contributed by atoms with Gasteiger partial charge in [0.15, 0.2) is 10.9 Å². The number of benzene rings is 2. The van der Waals surface area contributed by atoms with Gasteiger partial charge in [-0.2, -0.15) is 0 Å². The van der Waals surface area contributed by atoms with Crippen LogP contribution >= 0.6 is 11.8 Å². The number of hydrogen-bond acceptors (Lipinski definition) is 5. The maximum atomic E-state index is 12.9. The summed E-state index contributed by atoms with van der Waals surface area (Å²) in [4.78, 5) is 36.7. The molecule has 8 heteroatoms. The third kappa shape index (κ3) is 4.27. The number of H-pyrrole nitrogens is 1. The van der Waals surface area contributed by atoms with Gasteiger partial charge in [0.25, 0.3) is 11.8 Å². The van der Waals surface area contributed by atoms with Crippen LogP contribution in [0.1, 0.15) is 26.5 Å². The molecule has 0 spiro atoms. The van der Waals surface area contributed by atoms with Gasteiger partial charge >= 0.3 is 0 Å². The number of furan rings is 1. The summed E-state index contributed by atoms with van der Waals surface area (Å²) in [6, 6.07) is 19.0. The third-order valence-electron chi connectivity index (χ3n) is 5.53. The molecule has 1 N–H and O–H groups in total. The van der Waals surface area contributed by atoms with Crippen LogP contribution in [0.3, 0.4) is 0 Å². The van der Waals surface area contributed by atoms with Gasteiger partial charge < -0.3 is 19.2 Å². The Morgan fingerprint density at radius 2 is 1.62 bits per heavy atom. The smallest absolute Gasteiger partial charge is 0.289 e. The number of para-hydroxylation sites is 2. The number of fused-ring (bicyclic) bond motifs is 1. The quantitative estimate of drug-likeness (QED) is 0.468. The molecule has 162 valence electrons. The molecule has 1 saturated heterocycles. The third-order valence-corrected chi connectivity index (χ3v) is 6.47. The number of piperazine rings is 1. The van der Waals surface area contributed by atoms with Crippen molar-refractivity contribution in [2.45, 2.75) is 10.9 Å². The second-order valence-electron chi connectivity index (χ2n) is 7.61. The number of imidazole rings is 1. The standard InChI is InChI=1S/C24H22N4O3S/c29-22(27-11-13-28(14-12-27)23(30)21-6-3-15-31-21)18-9-7-17(8-10-18)16-32-24-25-19-4-1-2-5-20(19)26-24/h1-10,15H,11-14,16H2,(H,25,26). The van der Waals surface area contributed by atoms with Crippen LogP contribution in [0.15, 0.2) is 76.5 Å². The topological polar surface area (TPSA) is 82.4 Å². The van der Waals surface area contributed by atoms with Crippen molar-refractivity contribution in [3.05, 3.63) is 83.8 Å². The number of carbonyl (C=O) groups excluding carboxylic acids is 2. The number of nitrogens with one attached hydrogen (secondary N) is 1. The van der Waals surface area contributed by atoms with Gasteiger partial charge in [-0.05, 0) is 42.0 Å². The number of aromatic amines is 1. The van der Waals surface area contributed by atoms with E-state index in [0.29, 0.717) is 37.5 Å². The molecule has 2 aromatic carbocycles. The zero-order valence-electron chi connectivity index (χ0n) is 17.4. The molecule has 0 bridgehead atoms. The van der Waals surface area contributed by atoms with Crippen LogP contribution in [0.4, 0.5) is 0 Å². The summed E-state index contributed by atoms with van der Waals surface area (Å²) in [5, 5.41) is 0.883. The van der Waals surface area contributed by atoms with E-state index in [-0.39, 0.29) is 11.8 Å². The van der Waals surface area contributed by atoms with Crippen LogP contribution in [-0.2, 0) is 5.75 Å². The van der Waals surface area contributed by atoms with E-state index in [0.717, 1.165) is 27.5 Å². The number of aromatic nitrogens is 2. The Balaban J connectivity index is 1.15. The van der Waals surface area contributed by atoms with Crippen molar-refractivity contribution in [2.24, 2.45) is 0 Å². The van der Waals surface area contributed by atoms with Gasteiger partial charge in [0.05, 0.1) is 17.3 Å². The predicted octanol–water partition coefficient (Wildman–Crippen LogP) is 4.05. The van der Waals surface area contributed by atoms with Crippen molar-refractivity contribution in [3.8, 4) is 0 Å². The fourth-order valence-corrected chi connectivity index (χ4v) is 4.59. The Hall–Kier alpha value is -3.52. The number of nitrogens with zero attached hydrogens (tertiary/aromatic N) is 3. The van der Waals surface area contributed by atoms with Crippen molar-refractivity contribution >= 4 is 34.6 Å². The van der Waals surface area contributed by atoms with Crippen molar-refractivity contribution in [2.75, 3.05) is 26.2 Å². The summed E-state index contributed by atoms with van der Waals surface area (Å²) in [7, 11) is 0. The van der Waals surface area contributed by atoms with E-state index in [1.807, 2.05) is 48.5 Å². The molecule has 0 unspecified atom stereocenters. The Kier molecular flexibility index (Phi) is 5.68. The maximum absolute atomic E-state index is 12.9. The minimum absolute atomic E-state index is 0.00779. The van der Waals surface area contributed by atoms with E-state index in [2.05, 4.69) is 9.97 Å². The molecule has 0 saturated carbocycles. The molecule has 7 nitrogen and oxygen atoms in total. The van der Waals surface area contributed by atoms with Gasteiger partial charge in [-0.25, -0.2) is 4.98 Å². The van der Waals surface area contributed by atoms with Crippen molar-refractivity contribution < 1.29 is 14.0 Å². The highest BCUT2D eigenvalue weighted by Crippen LogP contribution is 2.23. The minimum atomic E-state index is -0.131. The van der Waals surface area contributed by atoms with Crippen LogP contribution in [0.25, 0.3) is 11.0 Å². The second kappa shape index (κ2) is 8.92. The van der Waals surface area contributed by atoms with E-state index in [1.54, 1.807) is 33.7 Å². The Bertz CT molecular complexity index is 1190. The van der Waals surface area contributed by atoms with Gasteiger partial charge in [-0.3, -0.25) is 9.59 Å². The van der Waals surface area contributed by atoms with E-state index < -0.39 is 0 Å². The lowest BCUT2D eigenvalue weighted by Crippen LogP contribution is -2.50. The molecule has 4 aromatic rings. The number of amides is 2. The average molecular weight is 447 g/mol. The molecular formula is C24H22N4O3S. The van der Waals surface area contributed by atoms with Gasteiger partial charge in [-0.15, -0.1) is 0 Å². The predicted molar refractivity (Wildman–Crippen MR) is 123 cm³/mol. The summed E-state index contributed by atoms with van der Waals surface area (Å²) in [6.45, 7) is 2.01. The molecule has 0 radical (unpaired) electrons. The molecule has 2 aromatic heterocycles. The maximum Gasteiger partial charge on any atom is 0.289 e. The highest BCUT2D eigenvalue weighted by Gasteiger charge is 2.26. The largest absolute Gasteiger partial charge is 0.459 e. The molecule has 2 amide bonds. The van der Waals surface area contributed by atoms with Gasteiger partial charge in [0.2, 0.25) is 0 Å². The van der Waals surface area contributed by atoms with Crippen LogP contribution in [-0.4, -0.2) is 57.8 Å². The van der Waals surface area contributed by atoms with Crippen LogP contribution in [0.5, 0.6) is 0 Å². The van der Waals surface area contributed by atoms with E-state index >= 15 is 0 Å². The zero-order chi connectivity index (χ0) is 21.9. The SMILES string of the molecule is O=C(c1ccc(CSc2nc3ccccc3[nH]2)cc1)N1CCN(C(=O)c2ccco2)CC1. The minimum Gasteiger partial charge on any atom is -0.459 e.